The Morgan fingerprint density at radius 3 is 2.50 bits per heavy atom. The van der Waals surface area contributed by atoms with Crippen LogP contribution < -0.4 is 5.48 Å². The van der Waals surface area contributed by atoms with E-state index in [4.69, 9.17) is 14.4 Å². The predicted molar refractivity (Wildman–Crippen MR) is 79.8 cm³/mol. The van der Waals surface area contributed by atoms with Gasteiger partial charge in [-0.25, -0.2) is 5.01 Å². The first kappa shape index (κ1) is 18.5. The molecule has 0 aliphatic carbocycles. The third kappa shape index (κ3) is 3.80. The molecule has 9 heteroatoms. The van der Waals surface area contributed by atoms with E-state index in [-0.39, 0.29) is 5.71 Å². The van der Waals surface area contributed by atoms with E-state index in [1.165, 1.54) is 14.2 Å². The Morgan fingerprint density at radius 2 is 2.09 bits per heavy atom. The Kier molecular flexibility index (Phi) is 5.63. The van der Waals surface area contributed by atoms with Gasteiger partial charge in [0.25, 0.3) is 5.91 Å². The Labute approximate surface area is 129 Å². The SMILES string of the molecule is CO/N=C(\C)C1(ONC(O)OC(C)(C)C)C(=O)N(C)N=C1C. The number of hydroxylamine groups is 1. The third-order valence-electron chi connectivity index (χ3n) is 2.92. The summed E-state index contributed by atoms with van der Waals surface area (Å²) < 4.78 is 5.26. The van der Waals surface area contributed by atoms with Gasteiger partial charge in [0.15, 0.2) is 0 Å². The normalized spacial score (nSPS) is 24.5. The van der Waals surface area contributed by atoms with Crippen molar-refractivity contribution in [1.82, 2.24) is 10.5 Å². The van der Waals surface area contributed by atoms with E-state index in [0.29, 0.717) is 5.71 Å². The number of hydrogen-bond donors (Lipinski definition) is 2. The zero-order valence-corrected chi connectivity index (χ0v) is 14.0. The smallest absolute Gasteiger partial charge is 0.288 e. The maximum Gasteiger partial charge on any atom is 0.288 e. The van der Waals surface area contributed by atoms with Crippen LogP contribution in [0.2, 0.25) is 0 Å². The molecule has 22 heavy (non-hydrogen) atoms. The highest BCUT2D eigenvalue weighted by Crippen LogP contribution is 2.25. The summed E-state index contributed by atoms with van der Waals surface area (Å²) in [4.78, 5) is 22.6. The molecule has 0 saturated carbocycles. The van der Waals surface area contributed by atoms with Gasteiger partial charge >= 0.3 is 0 Å². The standard InChI is InChI=1S/C13H24N4O5/c1-8-13(9(2)15-20-7,10(18)17(6)14-8)22-16-11(19)21-12(3,4)5/h11,16,19H,1-7H3/b15-9+. The van der Waals surface area contributed by atoms with E-state index >= 15 is 0 Å². The molecule has 2 N–H and O–H groups in total. The van der Waals surface area contributed by atoms with E-state index in [1.54, 1.807) is 34.6 Å². The van der Waals surface area contributed by atoms with Gasteiger partial charge in [-0.15, -0.1) is 5.48 Å². The second-order valence-corrected chi connectivity index (χ2v) is 5.86. The lowest BCUT2D eigenvalue weighted by Gasteiger charge is -2.30. The molecule has 2 atom stereocenters. The molecule has 1 rings (SSSR count). The zero-order chi connectivity index (χ0) is 17.1. The Bertz CT molecular complexity index is 485. The number of rotatable bonds is 6. The molecule has 126 valence electrons. The van der Waals surface area contributed by atoms with Crippen LogP contribution in [0.15, 0.2) is 10.3 Å². The molecule has 2 unspecified atom stereocenters. The van der Waals surface area contributed by atoms with Crippen molar-refractivity contribution in [3.63, 3.8) is 0 Å². The molecule has 1 aliphatic heterocycles. The van der Waals surface area contributed by atoms with Crippen LogP contribution in [-0.4, -0.2) is 59.2 Å². The average molecular weight is 316 g/mol. The number of carbonyl (C=O) groups excluding carboxylic acids is 1. The molecule has 1 aliphatic rings. The summed E-state index contributed by atoms with van der Waals surface area (Å²) >= 11 is 0. The van der Waals surface area contributed by atoms with Crippen LogP contribution in [0.5, 0.6) is 0 Å². The van der Waals surface area contributed by atoms with Crippen molar-refractivity contribution < 1.29 is 24.3 Å². The van der Waals surface area contributed by atoms with Gasteiger partial charge < -0.3 is 14.7 Å². The number of ether oxygens (including phenoxy) is 1. The van der Waals surface area contributed by atoms with Gasteiger partial charge in [0.05, 0.1) is 11.3 Å². The van der Waals surface area contributed by atoms with Crippen LogP contribution in [0.1, 0.15) is 34.6 Å². The van der Waals surface area contributed by atoms with Crippen LogP contribution in [0.4, 0.5) is 0 Å². The van der Waals surface area contributed by atoms with Gasteiger partial charge in [-0.05, 0) is 34.6 Å². The lowest BCUT2D eigenvalue weighted by atomic mass is 9.93. The highest BCUT2D eigenvalue weighted by molar-refractivity contribution is 6.31. The number of hydrazone groups is 1. The Balaban J connectivity index is 2.98. The first-order valence-electron chi connectivity index (χ1n) is 6.76. The van der Waals surface area contributed by atoms with Gasteiger partial charge in [0, 0.05) is 7.05 Å². The van der Waals surface area contributed by atoms with Gasteiger partial charge in [-0.2, -0.15) is 5.10 Å². The number of nitrogens with zero attached hydrogens (tertiary/aromatic N) is 3. The minimum atomic E-state index is -1.59. The first-order chi connectivity index (χ1) is 10.0. The molecule has 0 aromatic rings. The van der Waals surface area contributed by atoms with E-state index in [2.05, 4.69) is 15.7 Å². The Morgan fingerprint density at radius 1 is 1.50 bits per heavy atom. The number of nitrogens with one attached hydrogen (secondary N) is 1. The van der Waals surface area contributed by atoms with E-state index < -0.39 is 23.5 Å². The molecule has 9 nitrogen and oxygen atoms in total. The van der Waals surface area contributed by atoms with Crippen molar-refractivity contribution in [2.24, 2.45) is 10.3 Å². The Hall–Kier alpha value is -1.55. The van der Waals surface area contributed by atoms with Crippen molar-refractivity contribution in [3.8, 4) is 0 Å². The molecule has 0 aromatic carbocycles. The number of likely N-dealkylation sites (N-methyl/N-ethyl adjacent to an activating group) is 1. The van der Waals surface area contributed by atoms with Gasteiger partial charge in [0.2, 0.25) is 12.0 Å². The number of oxime groups is 1. The van der Waals surface area contributed by atoms with Crippen LogP contribution in [-0.2, 0) is 19.2 Å². The third-order valence-corrected chi connectivity index (χ3v) is 2.92. The maximum atomic E-state index is 12.4. The number of carbonyl (C=O) groups is 1. The summed E-state index contributed by atoms with van der Waals surface area (Å²) in [7, 11) is 2.86. The highest BCUT2D eigenvalue weighted by atomic mass is 16.8. The van der Waals surface area contributed by atoms with Crippen molar-refractivity contribution in [2.45, 2.75) is 52.2 Å². The number of amides is 1. The molecule has 0 bridgehead atoms. The molecular formula is C13H24N4O5. The summed E-state index contributed by atoms with van der Waals surface area (Å²) in [5, 5.41) is 18.8. The lowest BCUT2D eigenvalue weighted by Crippen LogP contribution is -2.57. The molecule has 0 fully saturated rings. The minimum Gasteiger partial charge on any atom is -0.399 e. The largest absolute Gasteiger partial charge is 0.399 e. The topological polar surface area (TPSA) is 105 Å². The predicted octanol–water partition coefficient (Wildman–Crippen LogP) is 0.208. The molecule has 0 aromatic heterocycles. The number of hydrogen-bond acceptors (Lipinski definition) is 8. The minimum absolute atomic E-state index is 0.237. The highest BCUT2D eigenvalue weighted by Gasteiger charge is 2.54. The monoisotopic (exact) mass is 316 g/mol. The molecule has 0 radical (unpaired) electrons. The fraction of sp³-hybridized carbons (Fsp3) is 0.769. The number of aliphatic hydroxyl groups is 1. The van der Waals surface area contributed by atoms with Gasteiger partial charge in [-0.1, -0.05) is 5.16 Å². The number of aliphatic hydroxyl groups excluding tert-OH is 1. The van der Waals surface area contributed by atoms with Crippen molar-refractivity contribution in [1.29, 1.82) is 0 Å². The average Bonchev–Trinajstić information content (AvgIpc) is 2.57. The van der Waals surface area contributed by atoms with Crippen LogP contribution >= 0.6 is 0 Å². The second kappa shape index (κ2) is 6.69. The molecule has 1 heterocycles. The van der Waals surface area contributed by atoms with Crippen molar-refractivity contribution >= 4 is 17.3 Å². The molecule has 1 amide bonds. The second-order valence-electron chi connectivity index (χ2n) is 5.86. The van der Waals surface area contributed by atoms with E-state index in [0.717, 1.165) is 5.01 Å². The molecular weight excluding hydrogens is 292 g/mol. The summed E-state index contributed by atoms with van der Waals surface area (Å²) in [6.45, 7) is 8.50. The van der Waals surface area contributed by atoms with Gasteiger partial charge in [0.1, 0.15) is 12.8 Å². The fourth-order valence-corrected chi connectivity index (χ4v) is 2.03. The quantitative estimate of drug-likeness (QED) is 0.412. The van der Waals surface area contributed by atoms with E-state index in [1.807, 2.05) is 0 Å². The fourth-order valence-electron chi connectivity index (χ4n) is 2.03. The van der Waals surface area contributed by atoms with E-state index in [9.17, 15) is 9.90 Å². The van der Waals surface area contributed by atoms with Gasteiger partial charge in [-0.3, -0.25) is 9.63 Å². The van der Waals surface area contributed by atoms with Crippen LogP contribution in [0.3, 0.4) is 0 Å². The van der Waals surface area contributed by atoms with Crippen molar-refractivity contribution in [3.05, 3.63) is 0 Å². The maximum absolute atomic E-state index is 12.4. The summed E-state index contributed by atoms with van der Waals surface area (Å²) in [5.74, 6) is -0.459. The van der Waals surface area contributed by atoms with Crippen LogP contribution in [0.25, 0.3) is 0 Å². The first-order valence-corrected chi connectivity index (χ1v) is 6.76. The summed E-state index contributed by atoms with van der Waals surface area (Å²) in [6.07, 6.45) is -1.43. The lowest BCUT2D eigenvalue weighted by molar-refractivity contribution is -0.243. The summed E-state index contributed by atoms with van der Waals surface area (Å²) in [5.41, 5.74) is 0.714. The van der Waals surface area contributed by atoms with Crippen molar-refractivity contribution in [2.75, 3.05) is 14.2 Å². The van der Waals surface area contributed by atoms with Crippen LogP contribution in [0, 0.1) is 0 Å². The summed E-state index contributed by atoms with van der Waals surface area (Å²) in [6, 6.07) is 0. The molecule has 0 spiro atoms. The molecule has 0 saturated heterocycles. The zero-order valence-electron chi connectivity index (χ0n) is 14.0.